The average Bonchev–Trinajstić information content (AvgIpc) is 2.67. The van der Waals surface area contributed by atoms with Gasteiger partial charge in [-0.15, -0.1) is 0 Å². The molecule has 3 nitrogen and oxygen atoms in total. The first-order valence-corrected chi connectivity index (χ1v) is 5.88. The van der Waals surface area contributed by atoms with E-state index in [0.29, 0.717) is 10.2 Å². The van der Waals surface area contributed by atoms with Crippen molar-refractivity contribution in [2.75, 3.05) is 0 Å². The van der Waals surface area contributed by atoms with E-state index in [4.69, 9.17) is 16.0 Å². The zero-order chi connectivity index (χ0) is 11.5. The Labute approximate surface area is 102 Å². The molecule has 0 aliphatic rings. The first-order chi connectivity index (χ1) is 7.69. The van der Waals surface area contributed by atoms with Crippen molar-refractivity contribution in [3.8, 4) is 0 Å². The van der Waals surface area contributed by atoms with Gasteiger partial charge in [-0.3, -0.25) is 0 Å². The maximum atomic E-state index is 9.20. The second kappa shape index (κ2) is 4.91. The molecule has 1 aromatic carbocycles. The van der Waals surface area contributed by atoms with Gasteiger partial charge in [-0.2, -0.15) is 0 Å². The highest BCUT2D eigenvalue weighted by molar-refractivity contribution is 7.99. The molecule has 0 atom stereocenters. The number of aryl methyl sites for hydroxylation is 1. The standard InChI is InChI=1S/C11H10ClNO2S/c1-7-6-15-11(13-7)16-10-3-2-9(12)4-8(10)5-14/h2-4,6,14H,5H2,1H3. The molecule has 1 N–H and O–H groups in total. The highest BCUT2D eigenvalue weighted by Gasteiger charge is 2.08. The second-order valence-corrected chi connectivity index (χ2v) is 4.70. The molecule has 5 heteroatoms. The van der Waals surface area contributed by atoms with Crippen molar-refractivity contribution < 1.29 is 9.52 Å². The number of aliphatic hydroxyl groups is 1. The van der Waals surface area contributed by atoms with Crippen molar-refractivity contribution in [2.45, 2.75) is 23.6 Å². The Hall–Kier alpha value is -0.970. The van der Waals surface area contributed by atoms with E-state index in [1.165, 1.54) is 11.8 Å². The van der Waals surface area contributed by atoms with Gasteiger partial charge in [0.2, 0.25) is 0 Å². The molecule has 2 rings (SSSR count). The number of aromatic nitrogens is 1. The summed E-state index contributed by atoms with van der Waals surface area (Å²) in [5, 5.41) is 10.4. The Morgan fingerprint density at radius 3 is 2.94 bits per heavy atom. The Kier molecular flexibility index (Phi) is 3.53. The van der Waals surface area contributed by atoms with Crippen LogP contribution in [-0.2, 0) is 6.61 Å². The minimum absolute atomic E-state index is 0.0530. The third kappa shape index (κ3) is 2.58. The lowest BCUT2D eigenvalue weighted by Crippen LogP contribution is -1.87. The maximum absolute atomic E-state index is 9.20. The van der Waals surface area contributed by atoms with Gasteiger partial charge < -0.3 is 9.52 Å². The summed E-state index contributed by atoms with van der Waals surface area (Å²) in [6, 6.07) is 5.36. The van der Waals surface area contributed by atoms with Crippen molar-refractivity contribution in [1.82, 2.24) is 4.98 Å². The lowest BCUT2D eigenvalue weighted by molar-refractivity contribution is 0.279. The third-order valence-electron chi connectivity index (χ3n) is 1.99. The molecular formula is C11H10ClNO2S. The Bertz CT molecular complexity index is 498. The van der Waals surface area contributed by atoms with Crippen LogP contribution in [0.3, 0.4) is 0 Å². The third-order valence-corrected chi connectivity index (χ3v) is 3.20. The van der Waals surface area contributed by atoms with Gasteiger partial charge >= 0.3 is 0 Å². The molecule has 0 radical (unpaired) electrons. The molecule has 0 saturated heterocycles. The molecule has 0 saturated carbocycles. The van der Waals surface area contributed by atoms with E-state index in [1.54, 1.807) is 18.4 Å². The highest BCUT2D eigenvalue weighted by atomic mass is 35.5. The molecule has 0 spiro atoms. The van der Waals surface area contributed by atoms with Crippen molar-refractivity contribution >= 4 is 23.4 Å². The van der Waals surface area contributed by atoms with Crippen LogP contribution < -0.4 is 0 Å². The summed E-state index contributed by atoms with van der Waals surface area (Å²) in [6.45, 7) is 1.81. The van der Waals surface area contributed by atoms with E-state index >= 15 is 0 Å². The summed E-state index contributed by atoms with van der Waals surface area (Å²) in [5.74, 6) is 0. The molecule has 0 unspecified atom stereocenters. The van der Waals surface area contributed by atoms with Crippen LogP contribution in [0, 0.1) is 6.92 Å². The monoisotopic (exact) mass is 255 g/mol. The largest absolute Gasteiger partial charge is 0.439 e. The van der Waals surface area contributed by atoms with Crippen LogP contribution in [0.4, 0.5) is 0 Å². The van der Waals surface area contributed by atoms with E-state index in [9.17, 15) is 5.11 Å². The van der Waals surface area contributed by atoms with Crippen molar-refractivity contribution in [3.63, 3.8) is 0 Å². The second-order valence-electron chi connectivity index (χ2n) is 3.27. The fraction of sp³-hybridized carbons (Fsp3) is 0.182. The van der Waals surface area contributed by atoms with E-state index in [0.717, 1.165) is 16.2 Å². The van der Waals surface area contributed by atoms with E-state index in [2.05, 4.69) is 4.98 Å². The molecule has 0 aliphatic carbocycles. The maximum Gasteiger partial charge on any atom is 0.260 e. The molecule has 2 aromatic rings. The minimum Gasteiger partial charge on any atom is -0.439 e. The van der Waals surface area contributed by atoms with Gasteiger partial charge in [-0.05, 0) is 42.4 Å². The number of rotatable bonds is 3. The van der Waals surface area contributed by atoms with Crippen LogP contribution in [0.5, 0.6) is 0 Å². The lowest BCUT2D eigenvalue weighted by atomic mass is 10.2. The Morgan fingerprint density at radius 1 is 1.50 bits per heavy atom. The zero-order valence-electron chi connectivity index (χ0n) is 8.61. The van der Waals surface area contributed by atoms with Gasteiger partial charge in [0.05, 0.1) is 12.3 Å². The van der Waals surface area contributed by atoms with E-state index in [-0.39, 0.29) is 6.61 Å². The van der Waals surface area contributed by atoms with E-state index < -0.39 is 0 Å². The molecule has 0 aliphatic heterocycles. The molecular weight excluding hydrogens is 246 g/mol. The normalized spacial score (nSPS) is 10.7. The number of benzene rings is 1. The average molecular weight is 256 g/mol. The molecule has 0 amide bonds. The quantitative estimate of drug-likeness (QED) is 0.914. The lowest BCUT2D eigenvalue weighted by Gasteiger charge is -2.04. The van der Waals surface area contributed by atoms with Crippen LogP contribution in [-0.4, -0.2) is 10.1 Å². The van der Waals surface area contributed by atoms with Crippen LogP contribution in [0.15, 0.2) is 39.0 Å². The Morgan fingerprint density at radius 2 is 2.31 bits per heavy atom. The van der Waals surface area contributed by atoms with Gasteiger partial charge in [0.15, 0.2) is 0 Å². The minimum atomic E-state index is -0.0530. The molecule has 84 valence electrons. The van der Waals surface area contributed by atoms with Gasteiger partial charge in [-0.1, -0.05) is 11.6 Å². The first-order valence-electron chi connectivity index (χ1n) is 4.68. The van der Waals surface area contributed by atoms with Gasteiger partial charge in [-0.25, -0.2) is 4.98 Å². The molecule has 1 heterocycles. The highest BCUT2D eigenvalue weighted by Crippen LogP contribution is 2.31. The fourth-order valence-corrected chi connectivity index (χ4v) is 2.30. The van der Waals surface area contributed by atoms with Crippen molar-refractivity contribution in [1.29, 1.82) is 0 Å². The smallest absolute Gasteiger partial charge is 0.260 e. The van der Waals surface area contributed by atoms with Crippen molar-refractivity contribution in [2.24, 2.45) is 0 Å². The summed E-state index contributed by atoms with van der Waals surface area (Å²) in [5.41, 5.74) is 1.61. The summed E-state index contributed by atoms with van der Waals surface area (Å²) in [6.07, 6.45) is 1.59. The Balaban J connectivity index is 2.27. The zero-order valence-corrected chi connectivity index (χ0v) is 10.2. The number of halogens is 1. The predicted octanol–water partition coefficient (Wildman–Crippen LogP) is 3.28. The van der Waals surface area contributed by atoms with Crippen LogP contribution in [0.25, 0.3) is 0 Å². The van der Waals surface area contributed by atoms with E-state index in [1.807, 2.05) is 13.0 Å². The van der Waals surface area contributed by atoms with Crippen LogP contribution >= 0.6 is 23.4 Å². The molecule has 0 bridgehead atoms. The van der Waals surface area contributed by atoms with Gasteiger partial charge in [0, 0.05) is 9.92 Å². The summed E-state index contributed by atoms with van der Waals surface area (Å²) >= 11 is 7.22. The van der Waals surface area contributed by atoms with Crippen LogP contribution in [0.2, 0.25) is 5.02 Å². The number of hydrogen-bond donors (Lipinski definition) is 1. The first kappa shape index (κ1) is 11.5. The summed E-state index contributed by atoms with van der Waals surface area (Å²) in [7, 11) is 0. The fourth-order valence-electron chi connectivity index (χ4n) is 1.24. The number of aliphatic hydroxyl groups excluding tert-OH is 1. The summed E-state index contributed by atoms with van der Waals surface area (Å²) < 4.78 is 5.24. The van der Waals surface area contributed by atoms with Crippen molar-refractivity contribution in [3.05, 3.63) is 40.7 Å². The SMILES string of the molecule is Cc1coc(Sc2ccc(Cl)cc2CO)n1. The summed E-state index contributed by atoms with van der Waals surface area (Å²) in [4.78, 5) is 5.08. The predicted molar refractivity (Wildman–Crippen MR) is 62.7 cm³/mol. The molecule has 0 fully saturated rings. The topological polar surface area (TPSA) is 46.3 Å². The van der Waals surface area contributed by atoms with Crippen LogP contribution in [0.1, 0.15) is 11.3 Å². The van der Waals surface area contributed by atoms with Gasteiger partial charge in [0.1, 0.15) is 6.26 Å². The number of hydrogen-bond acceptors (Lipinski definition) is 4. The van der Waals surface area contributed by atoms with Gasteiger partial charge in [0.25, 0.3) is 5.22 Å². The molecule has 16 heavy (non-hydrogen) atoms. The molecule has 1 aromatic heterocycles. The number of oxazole rings is 1. The number of nitrogens with zero attached hydrogens (tertiary/aromatic N) is 1.